The van der Waals surface area contributed by atoms with Crippen LogP contribution >= 0.6 is 0 Å². The second kappa shape index (κ2) is 6.54. The number of anilines is 1. The van der Waals surface area contributed by atoms with Crippen molar-refractivity contribution in [2.24, 2.45) is 5.92 Å². The zero-order valence-electron chi connectivity index (χ0n) is 13.8. The molecule has 25 heavy (non-hydrogen) atoms. The van der Waals surface area contributed by atoms with Gasteiger partial charge in [0.15, 0.2) is 0 Å². The van der Waals surface area contributed by atoms with E-state index in [2.05, 4.69) is 4.98 Å². The molecular formula is C18H18F4N2O. The van der Waals surface area contributed by atoms with Crippen LogP contribution in [-0.4, -0.2) is 24.2 Å². The molecule has 0 atom stereocenters. The Kier molecular flexibility index (Phi) is 4.58. The number of rotatable bonds is 4. The van der Waals surface area contributed by atoms with Gasteiger partial charge in [0.25, 0.3) is 0 Å². The molecule has 1 aromatic heterocycles. The molecule has 0 spiro atoms. The Morgan fingerprint density at radius 3 is 2.40 bits per heavy atom. The van der Waals surface area contributed by atoms with Crippen molar-refractivity contribution in [2.75, 3.05) is 18.0 Å². The first kappa shape index (κ1) is 17.5. The summed E-state index contributed by atoms with van der Waals surface area (Å²) in [5.41, 5.74) is 0.599. The van der Waals surface area contributed by atoms with Gasteiger partial charge in [-0.1, -0.05) is 19.9 Å². The Bertz CT molecular complexity index is 755. The fourth-order valence-electron chi connectivity index (χ4n) is 2.68. The highest BCUT2D eigenvalue weighted by molar-refractivity contribution is 5.47. The van der Waals surface area contributed by atoms with Crippen molar-refractivity contribution in [3.8, 4) is 11.5 Å². The number of nitrogens with zero attached hydrogens (tertiary/aromatic N) is 2. The summed E-state index contributed by atoms with van der Waals surface area (Å²) >= 11 is 0. The number of hydrogen-bond donors (Lipinski definition) is 0. The van der Waals surface area contributed by atoms with Crippen LogP contribution in [0.25, 0.3) is 0 Å². The molecule has 1 saturated heterocycles. The van der Waals surface area contributed by atoms with Crippen molar-refractivity contribution in [3.05, 3.63) is 47.9 Å². The molecule has 0 N–H and O–H groups in total. The molecule has 1 aromatic carbocycles. The van der Waals surface area contributed by atoms with Gasteiger partial charge >= 0.3 is 6.18 Å². The molecule has 7 heteroatoms. The Balaban J connectivity index is 1.70. The van der Waals surface area contributed by atoms with Gasteiger partial charge in [0, 0.05) is 31.4 Å². The maximum Gasteiger partial charge on any atom is 0.395 e. The van der Waals surface area contributed by atoms with Crippen LogP contribution in [-0.2, 0) is 0 Å². The molecule has 0 amide bonds. The molecular weight excluding hydrogens is 336 g/mol. The van der Waals surface area contributed by atoms with Gasteiger partial charge in [-0.3, -0.25) is 0 Å². The van der Waals surface area contributed by atoms with E-state index in [0.717, 1.165) is 0 Å². The standard InChI is InChI=1S/C18H18F4N2O/c1-11(2)15-4-3-13(7-16(15)19)25-14-5-6-23-17(8-14)24-9-12(10-24)18(20,21)22/h3-8,11-12H,9-10H2,1-2H3. The highest BCUT2D eigenvalue weighted by Gasteiger charge is 2.47. The van der Waals surface area contributed by atoms with Crippen molar-refractivity contribution in [1.82, 2.24) is 4.98 Å². The molecule has 0 aliphatic carbocycles. The number of aromatic nitrogens is 1. The maximum absolute atomic E-state index is 14.0. The first-order valence-corrected chi connectivity index (χ1v) is 7.99. The van der Waals surface area contributed by atoms with Crippen molar-refractivity contribution < 1.29 is 22.3 Å². The first-order valence-electron chi connectivity index (χ1n) is 7.99. The van der Waals surface area contributed by atoms with E-state index in [0.29, 0.717) is 22.9 Å². The summed E-state index contributed by atoms with van der Waals surface area (Å²) in [5, 5.41) is 0. The van der Waals surface area contributed by atoms with Gasteiger partial charge in [0.2, 0.25) is 0 Å². The lowest BCUT2D eigenvalue weighted by Gasteiger charge is -2.40. The minimum absolute atomic E-state index is 0.0644. The van der Waals surface area contributed by atoms with Crippen molar-refractivity contribution in [2.45, 2.75) is 25.9 Å². The van der Waals surface area contributed by atoms with Crippen LogP contribution in [0.4, 0.5) is 23.4 Å². The molecule has 3 rings (SSSR count). The van der Waals surface area contributed by atoms with Gasteiger partial charge < -0.3 is 9.64 Å². The quantitative estimate of drug-likeness (QED) is 0.712. The van der Waals surface area contributed by atoms with Crippen LogP contribution in [0, 0.1) is 11.7 Å². The zero-order valence-corrected chi connectivity index (χ0v) is 13.8. The maximum atomic E-state index is 14.0. The molecule has 0 unspecified atom stereocenters. The van der Waals surface area contributed by atoms with Gasteiger partial charge in [-0.05, 0) is 23.6 Å². The summed E-state index contributed by atoms with van der Waals surface area (Å²) in [6.45, 7) is 3.57. The molecule has 134 valence electrons. The summed E-state index contributed by atoms with van der Waals surface area (Å²) in [4.78, 5) is 5.61. The third kappa shape index (κ3) is 3.86. The topological polar surface area (TPSA) is 25.4 Å². The van der Waals surface area contributed by atoms with E-state index in [1.165, 1.54) is 17.2 Å². The normalized spacial score (nSPS) is 15.4. The van der Waals surface area contributed by atoms with Crippen molar-refractivity contribution in [3.63, 3.8) is 0 Å². The van der Waals surface area contributed by atoms with Crippen LogP contribution in [0.15, 0.2) is 36.5 Å². The number of halogens is 4. The summed E-state index contributed by atoms with van der Waals surface area (Å²) in [7, 11) is 0. The molecule has 3 nitrogen and oxygen atoms in total. The molecule has 1 aliphatic heterocycles. The summed E-state index contributed by atoms with van der Waals surface area (Å²) in [6.07, 6.45) is -2.72. The molecule has 0 bridgehead atoms. The van der Waals surface area contributed by atoms with Crippen LogP contribution in [0.2, 0.25) is 0 Å². The van der Waals surface area contributed by atoms with Crippen LogP contribution < -0.4 is 9.64 Å². The minimum atomic E-state index is -4.18. The summed E-state index contributed by atoms with van der Waals surface area (Å²) < 4.78 is 57.4. The van der Waals surface area contributed by atoms with E-state index >= 15 is 0 Å². The van der Waals surface area contributed by atoms with Crippen LogP contribution in [0.1, 0.15) is 25.3 Å². The molecule has 0 radical (unpaired) electrons. The van der Waals surface area contributed by atoms with E-state index < -0.39 is 12.1 Å². The lowest BCUT2D eigenvalue weighted by atomic mass is 10.00. The van der Waals surface area contributed by atoms with Gasteiger partial charge in [0.1, 0.15) is 23.1 Å². The van der Waals surface area contributed by atoms with Gasteiger partial charge in [-0.25, -0.2) is 9.37 Å². The molecule has 1 aliphatic rings. The number of ether oxygens (including phenoxy) is 1. The second-order valence-corrected chi connectivity index (χ2v) is 6.43. The van der Waals surface area contributed by atoms with E-state index in [1.807, 2.05) is 13.8 Å². The molecule has 1 fully saturated rings. The van der Waals surface area contributed by atoms with E-state index in [4.69, 9.17) is 4.74 Å². The third-order valence-corrected chi connectivity index (χ3v) is 4.22. The van der Waals surface area contributed by atoms with Crippen LogP contribution in [0.3, 0.4) is 0 Å². The molecule has 0 saturated carbocycles. The fraction of sp³-hybridized carbons (Fsp3) is 0.389. The second-order valence-electron chi connectivity index (χ2n) is 6.43. The SMILES string of the molecule is CC(C)c1ccc(Oc2ccnc(N3CC(C(F)(F)F)C3)c2)cc1F. The Labute approximate surface area is 143 Å². The Hall–Kier alpha value is -2.31. The zero-order chi connectivity index (χ0) is 18.2. The van der Waals surface area contributed by atoms with Crippen molar-refractivity contribution in [1.29, 1.82) is 0 Å². The predicted molar refractivity (Wildman–Crippen MR) is 86.6 cm³/mol. The minimum Gasteiger partial charge on any atom is -0.457 e. The van der Waals surface area contributed by atoms with E-state index in [9.17, 15) is 17.6 Å². The highest BCUT2D eigenvalue weighted by Crippen LogP contribution is 2.36. The molecule has 2 heterocycles. The number of pyridine rings is 1. The van der Waals surface area contributed by atoms with E-state index in [-0.39, 0.29) is 24.8 Å². The average Bonchev–Trinajstić information content (AvgIpc) is 2.44. The third-order valence-electron chi connectivity index (χ3n) is 4.22. The first-order chi connectivity index (χ1) is 11.7. The van der Waals surface area contributed by atoms with E-state index in [1.54, 1.807) is 24.3 Å². The largest absolute Gasteiger partial charge is 0.457 e. The lowest BCUT2D eigenvalue weighted by molar-refractivity contribution is -0.180. The number of alkyl halides is 3. The Morgan fingerprint density at radius 1 is 1.12 bits per heavy atom. The predicted octanol–water partition coefficient (Wildman–Crippen LogP) is 5.13. The van der Waals surface area contributed by atoms with Crippen molar-refractivity contribution >= 4 is 5.82 Å². The Morgan fingerprint density at radius 2 is 1.80 bits per heavy atom. The lowest BCUT2D eigenvalue weighted by Crippen LogP contribution is -2.53. The number of hydrogen-bond acceptors (Lipinski definition) is 3. The van der Waals surface area contributed by atoms with Gasteiger partial charge in [-0.15, -0.1) is 0 Å². The number of benzene rings is 1. The van der Waals surface area contributed by atoms with Gasteiger partial charge in [0.05, 0.1) is 5.92 Å². The van der Waals surface area contributed by atoms with Crippen LogP contribution in [0.5, 0.6) is 11.5 Å². The summed E-state index contributed by atoms with van der Waals surface area (Å²) in [5.74, 6) is -0.464. The highest BCUT2D eigenvalue weighted by atomic mass is 19.4. The summed E-state index contributed by atoms with van der Waals surface area (Å²) in [6, 6.07) is 7.78. The average molecular weight is 354 g/mol. The fourth-order valence-corrected chi connectivity index (χ4v) is 2.68. The smallest absolute Gasteiger partial charge is 0.395 e. The molecule has 2 aromatic rings. The van der Waals surface area contributed by atoms with Gasteiger partial charge in [-0.2, -0.15) is 13.2 Å². The monoisotopic (exact) mass is 354 g/mol.